The summed E-state index contributed by atoms with van der Waals surface area (Å²) in [5.74, 6) is -3.49. The highest BCUT2D eigenvalue weighted by atomic mass is 16.2. The molecule has 1 fully saturated rings. The molecule has 11 nitrogen and oxygen atoms in total. The molecule has 0 aromatic carbocycles. The van der Waals surface area contributed by atoms with Crippen LogP contribution in [0.2, 0.25) is 0 Å². The molecule has 0 radical (unpaired) electrons. The molecule has 4 amide bonds. The summed E-state index contributed by atoms with van der Waals surface area (Å²) in [6, 6.07) is -1.64. The van der Waals surface area contributed by atoms with Crippen molar-refractivity contribution in [3.05, 3.63) is 24.3 Å². The van der Waals surface area contributed by atoms with Crippen LogP contribution >= 0.6 is 0 Å². The lowest BCUT2D eigenvalue weighted by atomic mass is 9.85. The number of amides is 4. The monoisotopic (exact) mass is 516 g/mol. The molecule has 1 aliphatic rings. The van der Waals surface area contributed by atoms with E-state index in [1.165, 1.54) is 25.5 Å². The first-order chi connectivity index (χ1) is 17.3. The van der Waals surface area contributed by atoms with Crippen LogP contribution in [0, 0.1) is 11.3 Å². The van der Waals surface area contributed by atoms with Crippen molar-refractivity contribution < 1.29 is 24.0 Å². The van der Waals surface area contributed by atoms with Gasteiger partial charge in [-0.1, -0.05) is 53.9 Å². The van der Waals surface area contributed by atoms with E-state index in [9.17, 15) is 24.0 Å². The maximum Gasteiger partial charge on any atom is 0.289 e. The Kier molecular flexibility index (Phi) is 10.7. The fraction of sp³-hybridized carbons (Fsp3) is 0.654. The van der Waals surface area contributed by atoms with Gasteiger partial charge >= 0.3 is 0 Å². The quantitative estimate of drug-likeness (QED) is 0.341. The van der Waals surface area contributed by atoms with E-state index in [0.29, 0.717) is 0 Å². The maximum atomic E-state index is 13.1. The highest BCUT2D eigenvalue weighted by Crippen LogP contribution is 2.20. The largest absolute Gasteiger partial charge is 0.347 e. The minimum atomic E-state index is -1.04. The summed E-state index contributed by atoms with van der Waals surface area (Å²) in [7, 11) is 0. The van der Waals surface area contributed by atoms with E-state index in [4.69, 9.17) is 0 Å². The van der Waals surface area contributed by atoms with E-state index >= 15 is 0 Å². The molecular weight excluding hydrogens is 476 g/mol. The zero-order valence-electron chi connectivity index (χ0n) is 22.6. The SMILES string of the molecule is CC(C)[C@H](NC(=O)[C@H](C)NC(=O)[C@@H](NC(=O)c1ccncn1)C(C)(C)C)C(=O)C(=O)NC1CCCCC1. The van der Waals surface area contributed by atoms with Crippen LogP contribution < -0.4 is 21.3 Å². The van der Waals surface area contributed by atoms with Crippen molar-refractivity contribution in [2.45, 2.75) is 97.8 Å². The Morgan fingerprint density at radius 3 is 2.11 bits per heavy atom. The molecule has 0 bridgehead atoms. The molecule has 11 heteroatoms. The number of aromatic nitrogens is 2. The maximum absolute atomic E-state index is 13.1. The van der Waals surface area contributed by atoms with Crippen LogP contribution in [-0.2, 0) is 19.2 Å². The van der Waals surface area contributed by atoms with Crippen LogP contribution in [0.3, 0.4) is 0 Å². The van der Waals surface area contributed by atoms with E-state index in [2.05, 4.69) is 31.2 Å². The number of carbonyl (C=O) groups is 5. The summed E-state index contributed by atoms with van der Waals surface area (Å²) in [6.45, 7) is 10.3. The molecule has 3 atom stereocenters. The second-order valence-corrected chi connectivity index (χ2v) is 11.0. The molecule has 0 unspecified atom stereocenters. The Bertz CT molecular complexity index is 969. The van der Waals surface area contributed by atoms with Gasteiger partial charge in [0.25, 0.3) is 11.8 Å². The third-order valence-electron chi connectivity index (χ3n) is 6.38. The van der Waals surface area contributed by atoms with Crippen molar-refractivity contribution in [3.63, 3.8) is 0 Å². The van der Waals surface area contributed by atoms with Gasteiger partial charge in [0.1, 0.15) is 24.1 Å². The lowest BCUT2D eigenvalue weighted by Crippen LogP contribution is -2.59. The Balaban J connectivity index is 2.02. The third kappa shape index (κ3) is 8.91. The van der Waals surface area contributed by atoms with Gasteiger partial charge in [0.2, 0.25) is 17.6 Å². The van der Waals surface area contributed by atoms with Gasteiger partial charge in [-0.3, -0.25) is 24.0 Å². The Labute approximate surface area is 218 Å². The molecule has 37 heavy (non-hydrogen) atoms. The zero-order valence-corrected chi connectivity index (χ0v) is 22.6. The molecule has 204 valence electrons. The number of hydrogen-bond donors (Lipinski definition) is 4. The Morgan fingerprint density at radius 1 is 0.919 bits per heavy atom. The van der Waals surface area contributed by atoms with Gasteiger partial charge in [-0.15, -0.1) is 0 Å². The summed E-state index contributed by atoms with van der Waals surface area (Å²) in [5.41, 5.74) is -0.580. The van der Waals surface area contributed by atoms with Crippen molar-refractivity contribution in [3.8, 4) is 0 Å². The highest BCUT2D eigenvalue weighted by molar-refractivity contribution is 6.38. The predicted octanol–water partition coefficient (Wildman–Crippen LogP) is 1.28. The van der Waals surface area contributed by atoms with Crippen molar-refractivity contribution >= 4 is 29.4 Å². The molecule has 4 N–H and O–H groups in total. The number of carbonyl (C=O) groups excluding carboxylic acids is 5. The van der Waals surface area contributed by atoms with Crippen LogP contribution in [0.5, 0.6) is 0 Å². The summed E-state index contributed by atoms with van der Waals surface area (Å²) >= 11 is 0. The summed E-state index contributed by atoms with van der Waals surface area (Å²) in [5, 5.41) is 10.7. The minimum Gasteiger partial charge on any atom is -0.347 e. The van der Waals surface area contributed by atoms with Crippen molar-refractivity contribution in [1.82, 2.24) is 31.2 Å². The second-order valence-electron chi connectivity index (χ2n) is 11.0. The van der Waals surface area contributed by atoms with E-state index in [1.807, 2.05) is 0 Å². The molecule has 1 aliphatic carbocycles. The molecule has 1 heterocycles. The fourth-order valence-corrected chi connectivity index (χ4v) is 4.13. The number of nitrogens with zero attached hydrogens (tertiary/aromatic N) is 2. The van der Waals surface area contributed by atoms with Gasteiger partial charge in [-0.05, 0) is 37.2 Å². The summed E-state index contributed by atoms with van der Waals surface area (Å²) < 4.78 is 0. The van der Waals surface area contributed by atoms with Crippen LogP contribution in [-0.4, -0.2) is 63.5 Å². The first-order valence-corrected chi connectivity index (χ1v) is 12.8. The average molecular weight is 517 g/mol. The lowest BCUT2D eigenvalue weighted by molar-refractivity contribution is -0.141. The van der Waals surface area contributed by atoms with E-state index < -0.39 is 53.0 Å². The molecule has 0 spiro atoms. The van der Waals surface area contributed by atoms with Crippen molar-refractivity contribution in [1.29, 1.82) is 0 Å². The smallest absolute Gasteiger partial charge is 0.289 e. The third-order valence-corrected chi connectivity index (χ3v) is 6.38. The minimum absolute atomic E-state index is 0.0289. The number of nitrogens with one attached hydrogen (secondary N) is 4. The van der Waals surface area contributed by atoms with Gasteiger partial charge in [-0.2, -0.15) is 0 Å². The second kappa shape index (κ2) is 13.3. The van der Waals surface area contributed by atoms with Gasteiger partial charge < -0.3 is 21.3 Å². The van der Waals surface area contributed by atoms with Crippen LogP contribution in [0.25, 0.3) is 0 Å². The van der Waals surface area contributed by atoms with Crippen LogP contribution in [0.15, 0.2) is 18.6 Å². The van der Waals surface area contributed by atoms with Gasteiger partial charge in [0.15, 0.2) is 0 Å². The van der Waals surface area contributed by atoms with Gasteiger partial charge in [0, 0.05) is 12.2 Å². The first kappa shape index (κ1) is 29.9. The number of rotatable bonds is 10. The van der Waals surface area contributed by atoms with Crippen LogP contribution in [0.4, 0.5) is 0 Å². The topological polar surface area (TPSA) is 159 Å². The number of Topliss-reactive ketones (excluding diaryl/α,β-unsaturated/α-hetero) is 1. The summed E-state index contributed by atoms with van der Waals surface area (Å²) in [4.78, 5) is 71.7. The molecule has 0 aliphatic heterocycles. The fourth-order valence-electron chi connectivity index (χ4n) is 4.13. The molecule has 2 rings (SSSR count). The Hall–Kier alpha value is -3.37. The van der Waals surface area contributed by atoms with E-state index in [-0.39, 0.29) is 17.7 Å². The van der Waals surface area contributed by atoms with Gasteiger partial charge in [-0.25, -0.2) is 9.97 Å². The predicted molar refractivity (Wildman–Crippen MR) is 137 cm³/mol. The molecular formula is C26H40N6O5. The standard InChI is InChI=1S/C26H40N6O5/c1-15(2)19(20(33)24(36)30-17-10-8-7-9-11-17)31-22(34)16(3)29-25(37)21(26(4,5)6)32-23(35)18-12-13-27-14-28-18/h12-17,19,21H,7-11H2,1-6H3,(H,29,37)(H,30,36)(H,31,34)(H,32,35)/t16-,19-,21+/m0/s1. The first-order valence-electron chi connectivity index (χ1n) is 12.8. The van der Waals surface area contributed by atoms with Crippen molar-refractivity contribution in [2.75, 3.05) is 0 Å². The highest BCUT2D eigenvalue weighted by Gasteiger charge is 2.36. The normalized spacial score (nSPS) is 16.7. The molecule has 0 saturated heterocycles. The van der Waals surface area contributed by atoms with E-state index in [0.717, 1.165) is 32.1 Å². The molecule has 1 aromatic rings. The summed E-state index contributed by atoms with van der Waals surface area (Å²) in [6.07, 6.45) is 7.46. The Morgan fingerprint density at radius 2 is 1.57 bits per heavy atom. The van der Waals surface area contributed by atoms with Crippen molar-refractivity contribution in [2.24, 2.45) is 11.3 Å². The molecule has 1 saturated carbocycles. The zero-order chi connectivity index (χ0) is 27.8. The lowest BCUT2D eigenvalue weighted by Gasteiger charge is -2.31. The molecule has 1 aromatic heterocycles. The van der Waals surface area contributed by atoms with E-state index in [1.54, 1.807) is 34.6 Å². The van der Waals surface area contributed by atoms with Crippen LogP contribution in [0.1, 0.15) is 84.1 Å². The average Bonchev–Trinajstić information content (AvgIpc) is 2.85. The number of hydrogen-bond acceptors (Lipinski definition) is 7. The van der Waals surface area contributed by atoms with Gasteiger partial charge in [0.05, 0.1) is 6.04 Å². The number of ketones is 1.